The fourth-order valence-corrected chi connectivity index (χ4v) is 1.86. The van der Waals surface area contributed by atoms with Crippen LogP contribution in [0.25, 0.3) is 0 Å². The Kier molecular flexibility index (Phi) is 3.28. The summed E-state index contributed by atoms with van der Waals surface area (Å²) in [5, 5.41) is 0. The summed E-state index contributed by atoms with van der Waals surface area (Å²) < 4.78 is 0. The highest BCUT2D eigenvalue weighted by Crippen LogP contribution is 2.19. The lowest BCUT2D eigenvalue weighted by atomic mass is 9.99. The molecule has 4 heteroatoms. The van der Waals surface area contributed by atoms with Crippen LogP contribution in [0.3, 0.4) is 0 Å². The van der Waals surface area contributed by atoms with Crippen LogP contribution < -0.4 is 5.73 Å². The highest BCUT2D eigenvalue weighted by atomic mass is 16.2. The van der Waals surface area contributed by atoms with Gasteiger partial charge in [-0.1, -0.05) is 0 Å². The van der Waals surface area contributed by atoms with E-state index in [-0.39, 0.29) is 17.9 Å². The summed E-state index contributed by atoms with van der Waals surface area (Å²) in [7, 11) is 0. The minimum absolute atomic E-state index is 0.0451. The van der Waals surface area contributed by atoms with Gasteiger partial charge in [-0.25, -0.2) is 0 Å². The number of nitrogens with two attached hydrogens (primary N) is 1. The Hall–Kier alpha value is -1.06. The summed E-state index contributed by atoms with van der Waals surface area (Å²) in [6.07, 6.45) is 3.33. The molecule has 0 aromatic rings. The summed E-state index contributed by atoms with van der Waals surface area (Å²) in [5.74, 6) is -0.274. The molecule has 13 heavy (non-hydrogen) atoms. The fourth-order valence-electron chi connectivity index (χ4n) is 1.86. The van der Waals surface area contributed by atoms with E-state index in [1.54, 1.807) is 11.8 Å². The summed E-state index contributed by atoms with van der Waals surface area (Å²) in [6, 6.07) is 0.0451. The summed E-state index contributed by atoms with van der Waals surface area (Å²) in [6.45, 7) is 2.31. The smallest absolute Gasteiger partial charge is 0.219 e. The number of primary amides is 1. The van der Waals surface area contributed by atoms with Gasteiger partial charge in [0, 0.05) is 25.9 Å². The predicted molar refractivity (Wildman–Crippen MR) is 48.8 cm³/mol. The molecule has 0 spiro atoms. The third-order valence-corrected chi connectivity index (χ3v) is 2.47. The first-order valence-corrected chi connectivity index (χ1v) is 4.67. The van der Waals surface area contributed by atoms with Gasteiger partial charge < -0.3 is 10.6 Å². The van der Waals surface area contributed by atoms with Crippen molar-refractivity contribution in [2.75, 3.05) is 6.54 Å². The zero-order valence-corrected chi connectivity index (χ0v) is 7.95. The average Bonchev–Trinajstić information content (AvgIpc) is 2.03. The van der Waals surface area contributed by atoms with Crippen molar-refractivity contribution in [1.82, 2.24) is 4.90 Å². The first-order chi connectivity index (χ1) is 6.11. The van der Waals surface area contributed by atoms with E-state index in [9.17, 15) is 9.59 Å². The predicted octanol–water partition coefficient (Wildman–Crippen LogP) is 0.263. The Morgan fingerprint density at radius 2 is 2.15 bits per heavy atom. The molecule has 0 aromatic carbocycles. The van der Waals surface area contributed by atoms with Crippen molar-refractivity contribution >= 4 is 11.8 Å². The lowest BCUT2D eigenvalue weighted by molar-refractivity contribution is -0.133. The number of carbonyl (C=O) groups is 2. The first-order valence-electron chi connectivity index (χ1n) is 4.67. The minimum atomic E-state index is -0.321. The van der Waals surface area contributed by atoms with Gasteiger partial charge in [-0.3, -0.25) is 9.59 Å². The van der Waals surface area contributed by atoms with Crippen molar-refractivity contribution in [2.45, 2.75) is 38.6 Å². The zero-order valence-electron chi connectivity index (χ0n) is 7.95. The molecule has 0 aromatic heterocycles. The lowest BCUT2D eigenvalue weighted by Crippen LogP contribution is -2.44. The molecule has 0 radical (unpaired) electrons. The summed E-state index contributed by atoms with van der Waals surface area (Å²) in [5.41, 5.74) is 5.11. The summed E-state index contributed by atoms with van der Waals surface area (Å²) in [4.78, 5) is 23.6. The van der Waals surface area contributed by atoms with Crippen LogP contribution in [-0.4, -0.2) is 29.3 Å². The maximum Gasteiger partial charge on any atom is 0.219 e. The van der Waals surface area contributed by atoms with E-state index in [1.807, 2.05) is 0 Å². The van der Waals surface area contributed by atoms with E-state index in [2.05, 4.69) is 0 Å². The molecule has 1 aliphatic heterocycles. The SMILES string of the molecule is CC(=O)N1CCCCC1CC(N)=O. The molecule has 0 saturated carbocycles. The van der Waals surface area contributed by atoms with Crippen LogP contribution in [-0.2, 0) is 9.59 Å². The second-order valence-corrected chi connectivity index (χ2v) is 3.53. The number of piperidine rings is 1. The molecular weight excluding hydrogens is 168 g/mol. The molecule has 4 nitrogen and oxygen atoms in total. The Labute approximate surface area is 78.1 Å². The first kappa shape index (κ1) is 10.0. The number of likely N-dealkylation sites (tertiary alicyclic amines) is 1. The molecule has 1 heterocycles. The molecule has 0 aliphatic carbocycles. The fraction of sp³-hybridized carbons (Fsp3) is 0.778. The monoisotopic (exact) mass is 184 g/mol. The van der Waals surface area contributed by atoms with Gasteiger partial charge >= 0.3 is 0 Å². The number of nitrogens with zero attached hydrogens (tertiary/aromatic N) is 1. The molecule has 74 valence electrons. The molecule has 1 saturated heterocycles. The van der Waals surface area contributed by atoms with Crippen molar-refractivity contribution in [3.63, 3.8) is 0 Å². The second-order valence-electron chi connectivity index (χ2n) is 3.53. The van der Waals surface area contributed by atoms with Crippen LogP contribution >= 0.6 is 0 Å². The van der Waals surface area contributed by atoms with Crippen LogP contribution in [0.5, 0.6) is 0 Å². The van der Waals surface area contributed by atoms with Crippen molar-refractivity contribution in [3.05, 3.63) is 0 Å². The van der Waals surface area contributed by atoms with Gasteiger partial charge in [-0.15, -0.1) is 0 Å². The molecule has 2 amide bonds. The van der Waals surface area contributed by atoms with Crippen molar-refractivity contribution < 1.29 is 9.59 Å². The lowest BCUT2D eigenvalue weighted by Gasteiger charge is -2.34. The Morgan fingerprint density at radius 1 is 1.46 bits per heavy atom. The van der Waals surface area contributed by atoms with E-state index in [0.29, 0.717) is 6.42 Å². The highest BCUT2D eigenvalue weighted by molar-refractivity contribution is 5.77. The molecule has 2 N–H and O–H groups in total. The van der Waals surface area contributed by atoms with Crippen LogP contribution in [0.4, 0.5) is 0 Å². The Balaban J connectivity index is 2.56. The third-order valence-electron chi connectivity index (χ3n) is 2.47. The van der Waals surface area contributed by atoms with E-state index in [4.69, 9.17) is 5.73 Å². The maximum absolute atomic E-state index is 11.2. The molecule has 1 rings (SSSR count). The van der Waals surface area contributed by atoms with E-state index < -0.39 is 0 Å². The van der Waals surface area contributed by atoms with Crippen molar-refractivity contribution in [3.8, 4) is 0 Å². The van der Waals surface area contributed by atoms with Crippen LogP contribution in [0, 0.1) is 0 Å². The largest absolute Gasteiger partial charge is 0.370 e. The highest BCUT2D eigenvalue weighted by Gasteiger charge is 2.25. The Morgan fingerprint density at radius 3 is 2.69 bits per heavy atom. The average molecular weight is 184 g/mol. The van der Waals surface area contributed by atoms with E-state index >= 15 is 0 Å². The third kappa shape index (κ3) is 2.72. The maximum atomic E-state index is 11.2. The van der Waals surface area contributed by atoms with E-state index in [0.717, 1.165) is 25.8 Å². The molecule has 1 atom stereocenters. The molecule has 0 bridgehead atoms. The molecule has 1 fully saturated rings. The number of amides is 2. The Bertz CT molecular complexity index is 216. The number of hydrogen-bond donors (Lipinski definition) is 1. The summed E-state index contributed by atoms with van der Waals surface area (Å²) >= 11 is 0. The molecule has 1 unspecified atom stereocenters. The topological polar surface area (TPSA) is 63.4 Å². The number of hydrogen-bond acceptors (Lipinski definition) is 2. The molecule has 1 aliphatic rings. The number of carbonyl (C=O) groups excluding carboxylic acids is 2. The number of rotatable bonds is 2. The molecular formula is C9H16N2O2. The normalized spacial score (nSPS) is 22.8. The second kappa shape index (κ2) is 4.25. The van der Waals surface area contributed by atoms with Gasteiger partial charge in [0.1, 0.15) is 0 Å². The van der Waals surface area contributed by atoms with Gasteiger partial charge in [-0.2, -0.15) is 0 Å². The van der Waals surface area contributed by atoms with Gasteiger partial charge in [-0.05, 0) is 19.3 Å². The van der Waals surface area contributed by atoms with E-state index in [1.165, 1.54) is 0 Å². The zero-order chi connectivity index (χ0) is 9.84. The van der Waals surface area contributed by atoms with Crippen molar-refractivity contribution in [1.29, 1.82) is 0 Å². The van der Waals surface area contributed by atoms with Crippen LogP contribution in [0.1, 0.15) is 32.6 Å². The van der Waals surface area contributed by atoms with Gasteiger partial charge in [0.15, 0.2) is 0 Å². The van der Waals surface area contributed by atoms with Gasteiger partial charge in [0.2, 0.25) is 11.8 Å². The van der Waals surface area contributed by atoms with Crippen LogP contribution in [0.15, 0.2) is 0 Å². The standard InChI is InChI=1S/C9H16N2O2/c1-7(12)11-5-3-2-4-8(11)6-9(10)13/h8H,2-6H2,1H3,(H2,10,13). The van der Waals surface area contributed by atoms with Crippen molar-refractivity contribution in [2.24, 2.45) is 5.73 Å². The quantitative estimate of drug-likeness (QED) is 0.669. The van der Waals surface area contributed by atoms with Crippen LogP contribution in [0.2, 0.25) is 0 Å². The minimum Gasteiger partial charge on any atom is -0.370 e. The van der Waals surface area contributed by atoms with Gasteiger partial charge in [0.25, 0.3) is 0 Å². The van der Waals surface area contributed by atoms with Gasteiger partial charge in [0.05, 0.1) is 0 Å².